The predicted molar refractivity (Wildman–Crippen MR) is 211 cm³/mol. The van der Waals surface area contributed by atoms with E-state index < -0.39 is 17.1 Å². The third-order valence-electron chi connectivity index (χ3n) is 8.32. The SMILES string of the molecule is CC(Sc1cccc(NC(=O)/C(=C\c2c(Cl)cccc2Cl)NC(=O)c2ccccc2)c1)C(=O)Nc1sc2c(c1C#N)CCN(Cc1ccccc1)C2. The number of carbonyl (C=O) groups is 3. The standard InChI is InChI=1S/C40H33Cl2N5O3S2/c1-25(37(48)46-40-32(22-43)30-18-19-47(24-36(30)52-40)23-26-10-4-2-5-11-26)51-29-15-8-14-28(20-29)44-39(50)35(21-31-33(41)16-9-17-34(31)42)45-38(49)27-12-6-3-7-13-27/h2-17,20-21,25H,18-19,23-24H2,1H3,(H,44,50)(H,45,49)(H,46,48)/b35-21+. The molecule has 1 unspecified atom stereocenters. The van der Waals surface area contributed by atoms with Crippen LogP contribution in [0.25, 0.3) is 6.08 Å². The van der Waals surface area contributed by atoms with Crippen molar-refractivity contribution in [2.45, 2.75) is 36.6 Å². The first kappa shape index (κ1) is 36.9. The van der Waals surface area contributed by atoms with Crippen molar-refractivity contribution >= 4 is 80.8 Å². The zero-order valence-electron chi connectivity index (χ0n) is 28.0. The Morgan fingerprint density at radius 2 is 1.63 bits per heavy atom. The number of anilines is 2. The molecule has 12 heteroatoms. The fourth-order valence-electron chi connectivity index (χ4n) is 5.69. The largest absolute Gasteiger partial charge is 0.321 e. The highest BCUT2D eigenvalue weighted by Crippen LogP contribution is 2.38. The van der Waals surface area contributed by atoms with Gasteiger partial charge in [-0.05, 0) is 73.0 Å². The molecule has 0 aliphatic carbocycles. The van der Waals surface area contributed by atoms with Gasteiger partial charge >= 0.3 is 0 Å². The molecule has 52 heavy (non-hydrogen) atoms. The molecule has 3 amide bonds. The molecule has 262 valence electrons. The smallest absolute Gasteiger partial charge is 0.272 e. The number of rotatable bonds is 11. The second-order valence-electron chi connectivity index (χ2n) is 12.0. The summed E-state index contributed by atoms with van der Waals surface area (Å²) in [6.07, 6.45) is 2.18. The Kier molecular flexibility index (Phi) is 12.1. The molecule has 6 rings (SSSR count). The van der Waals surface area contributed by atoms with Gasteiger partial charge in [0.25, 0.3) is 11.8 Å². The number of nitrogens with one attached hydrogen (secondary N) is 3. The molecule has 0 bridgehead atoms. The number of amides is 3. The van der Waals surface area contributed by atoms with E-state index in [1.807, 2.05) is 24.3 Å². The van der Waals surface area contributed by atoms with Crippen LogP contribution in [0.4, 0.5) is 10.7 Å². The number of nitrogens with zero attached hydrogens (tertiary/aromatic N) is 2. The van der Waals surface area contributed by atoms with Gasteiger partial charge in [-0.2, -0.15) is 5.26 Å². The first-order valence-electron chi connectivity index (χ1n) is 16.4. The van der Waals surface area contributed by atoms with Gasteiger partial charge in [0.15, 0.2) is 0 Å². The normalized spacial score (nSPS) is 13.4. The van der Waals surface area contributed by atoms with E-state index in [2.05, 4.69) is 39.1 Å². The molecule has 3 N–H and O–H groups in total. The summed E-state index contributed by atoms with van der Waals surface area (Å²) in [4.78, 5) is 44.3. The molecule has 4 aromatic carbocycles. The molecular weight excluding hydrogens is 734 g/mol. The van der Waals surface area contributed by atoms with Gasteiger partial charge in [-0.1, -0.05) is 83.9 Å². The lowest BCUT2D eigenvalue weighted by Crippen LogP contribution is -2.30. The maximum atomic E-state index is 13.6. The quantitative estimate of drug-likeness (QED) is 0.0914. The van der Waals surface area contributed by atoms with E-state index in [1.165, 1.54) is 34.7 Å². The zero-order chi connectivity index (χ0) is 36.6. The molecule has 1 aliphatic heterocycles. The van der Waals surface area contributed by atoms with Crippen LogP contribution in [0.1, 0.15) is 44.4 Å². The number of thioether (sulfide) groups is 1. The van der Waals surface area contributed by atoms with Crippen molar-refractivity contribution in [1.29, 1.82) is 5.26 Å². The summed E-state index contributed by atoms with van der Waals surface area (Å²) >= 11 is 15.6. The van der Waals surface area contributed by atoms with Gasteiger partial charge in [-0.25, -0.2) is 0 Å². The lowest BCUT2D eigenvalue weighted by atomic mass is 10.0. The Bertz CT molecular complexity index is 2160. The van der Waals surface area contributed by atoms with E-state index in [1.54, 1.807) is 73.7 Å². The monoisotopic (exact) mass is 765 g/mol. The molecule has 2 heterocycles. The minimum absolute atomic E-state index is 0.0650. The summed E-state index contributed by atoms with van der Waals surface area (Å²) in [5, 5.41) is 19.2. The average Bonchev–Trinajstić information content (AvgIpc) is 3.49. The van der Waals surface area contributed by atoms with Crippen LogP contribution in [0.3, 0.4) is 0 Å². The number of nitriles is 1. The minimum Gasteiger partial charge on any atom is -0.321 e. The summed E-state index contributed by atoms with van der Waals surface area (Å²) in [7, 11) is 0. The fraction of sp³-hybridized carbons (Fsp3) is 0.150. The number of thiophene rings is 1. The molecule has 8 nitrogen and oxygen atoms in total. The zero-order valence-corrected chi connectivity index (χ0v) is 31.1. The molecule has 1 atom stereocenters. The van der Waals surface area contributed by atoms with Gasteiger partial charge in [0.05, 0.1) is 10.8 Å². The average molecular weight is 767 g/mol. The van der Waals surface area contributed by atoms with Crippen molar-refractivity contribution in [2.75, 3.05) is 17.2 Å². The molecule has 0 spiro atoms. The van der Waals surface area contributed by atoms with Crippen LogP contribution in [0.5, 0.6) is 0 Å². The predicted octanol–water partition coefficient (Wildman–Crippen LogP) is 9.01. The first-order chi connectivity index (χ1) is 25.2. The highest BCUT2D eigenvalue weighted by Gasteiger charge is 2.27. The van der Waals surface area contributed by atoms with Crippen molar-refractivity contribution in [2.24, 2.45) is 0 Å². The second-order valence-corrected chi connectivity index (χ2v) is 15.3. The first-order valence-corrected chi connectivity index (χ1v) is 18.9. The Morgan fingerprint density at radius 1 is 0.942 bits per heavy atom. The molecule has 0 saturated heterocycles. The van der Waals surface area contributed by atoms with Crippen LogP contribution in [0.15, 0.2) is 114 Å². The van der Waals surface area contributed by atoms with Gasteiger partial charge in [-0.3, -0.25) is 19.3 Å². The molecule has 0 radical (unpaired) electrons. The van der Waals surface area contributed by atoms with Gasteiger partial charge in [0.1, 0.15) is 16.8 Å². The van der Waals surface area contributed by atoms with Gasteiger partial charge in [-0.15, -0.1) is 23.1 Å². The Morgan fingerprint density at radius 3 is 2.35 bits per heavy atom. The van der Waals surface area contributed by atoms with E-state index in [4.69, 9.17) is 23.2 Å². The van der Waals surface area contributed by atoms with Crippen LogP contribution < -0.4 is 16.0 Å². The highest BCUT2D eigenvalue weighted by atomic mass is 35.5. The molecule has 1 aliphatic rings. The lowest BCUT2D eigenvalue weighted by Gasteiger charge is -2.26. The Labute approximate surface area is 320 Å². The number of fused-ring (bicyclic) bond motifs is 1. The number of benzene rings is 4. The topological polar surface area (TPSA) is 114 Å². The number of hydrogen-bond acceptors (Lipinski definition) is 7. The van der Waals surface area contributed by atoms with Gasteiger partial charge in [0.2, 0.25) is 5.91 Å². The summed E-state index contributed by atoms with van der Waals surface area (Å²) in [6.45, 7) is 4.18. The van der Waals surface area contributed by atoms with Crippen molar-refractivity contribution in [3.8, 4) is 6.07 Å². The molecule has 5 aromatic rings. The van der Waals surface area contributed by atoms with Crippen molar-refractivity contribution < 1.29 is 14.4 Å². The third-order valence-corrected chi connectivity index (χ3v) is 11.2. The van der Waals surface area contributed by atoms with Crippen LogP contribution in [0.2, 0.25) is 10.0 Å². The van der Waals surface area contributed by atoms with Crippen LogP contribution in [0, 0.1) is 11.3 Å². The van der Waals surface area contributed by atoms with Crippen molar-refractivity contribution in [1.82, 2.24) is 10.2 Å². The summed E-state index contributed by atoms with van der Waals surface area (Å²) < 4.78 is 0. The third kappa shape index (κ3) is 9.12. The van der Waals surface area contributed by atoms with Crippen LogP contribution in [-0.4, -0.2) is 34.4 Å². The van der Waals surface area contributed by atoms with Crippen LogP contribution in [-0.2, 0) is 29.1 Å². The second kappa shape index (κ2) is 17.1. The summed E-state index contributed by atoms with van der Waals surface area (Å²) in [6, 6.07) is 33.2. The number of hydrogen-bond donors (Lipinski definition) is 3. The molecule has 1 aromatic heterocycles. The maximum Gasteiger partial charge on any atom is 0.272 e. The van der Waals surface area contributed by atoms with E-state index in [0.29, 0.717) is 37.4 Å². The fourth-order valence-corrected chi connectivity index (χ4v) is 8.37. The number of halogens is 2. The van der Waals surface area contributed by atoms with Crippen LogP contribution >= 0.6 is 46.3 Å². The minimum atomic E-state index is -0.596. The van der Waals surface area contributed by atoms with E-state index in [-0.39, 0.29) is 11.6 Å². The van der Waals surface area contributed by atoms with Crippen molar-refractivity contribution in [3.05, 3.63) is 152 Å². The lowest BCUT2D eigenvalue weighted by molar-refractivity contribution is -0.115. The highest BCUT2D eigenvalue weighted by molar-refractivity contribution is 8.00. The summed E-state index contributed by atoms with van der Waals surface area (Å²) in [5.41, 5.74) is 3.92. The maximum absolute atomic E-state index is 13.6. The summed E-state index contributed by atoms with van der Waals surface area (Å²) in [5.74, 6) is -1.31. The molecule has 0 saturated carbocycles. The van der Waals surface area contributed by atoms with Gasteiger partial charge in [0, 0.05) is 56.3 Å². The van der Waals surface area contributed by atoms with Gasteiger partial charge < -0.3 is 16.0 Å². The molecule has 0 fully saturated rings. The number of carbonyl (C=O) groups excluding carboxylic acids is 3. The Balaban J connectivity index is 1.13. The van der Waals surface area contributed by atoms with E-state index in [0.717, 1.165) is 41.4 Å². The Hall–Kier alpha value is -4.89. The molecular formula is C40H33Cl2N5O3S2. The van der Waals surface area contributed by atoms with E-state index in [9.17, 15) is 19.6 Å². The van der Waals surface area contributed by atoms with Crippen molar-refractivity contribution in [3.63, 3.8) is 0 Å². The van der Waals surface area contributed by atoms with E-state index >= 15 is 0 Å².